The van der Waals surface area contributed by atoms with Gasteiger partial charge >= 0.3 is 0 Å². The van der Waals surface area contributed by atoms with E-state index in [1.165, 1.54) is 11.6 Å². The predicted molar refractivity (Wildman–Crippen MR) is 100 cm³/mol. The Morgan fingerprint density at radius 3 is 2.68 bits per heavy atom. The number of halogens is 2. The maximum Gasteiger partial charge on any atom is 0.253 e. The Hall–Kier alpha value is -1.88. The van der Waals surface area contributed by atoms with Crippen molar-refractivity contribution in [3.05, 3.63) is 63.4 Å². The van der Waals surface area contributed by atoms with Crippen molar-refractivity contribution in [3.63, 3.8) is 0 Å². The molecule has 3 nitrogen and oxygen atoms in total. The van der Waals surface area contributed by atoms with Crippen LogP contribution < -0.4 is 5.32 Å². The van der Waals surface area contributed by atoms with Gasteiger partial charge in [0.15, 0.2) is 0 Å². The summed E-state index contributed by atoms with van der Waals surface area (Å²) < 4.78 is 14.7. The first-order valence-electron chi connectivity index (χ1n) is 8.47. The number of nitrogens with zero attached hydrogens (tertiary/aromatic N) is 1. The Labute approximate surface area is 155 Å². The molecule has 1 aliphatic heterocycles. The molecule has 1 fully saturated rings. The summed E-state index contributed by atoms with van der Waals surface area (Å²) in [5.74, 6) is -0.198. The molecule has 5 heteroatoms. The number of carbonyl (C=O) groups is 1. The topological polar surface area (TPSA) is 32.3 Å². The molecule has 0 saturated heterocycles. The first kappa shape index (κ1) is 16.6. The third kappa shape index (κ3) is 2.84. The van der Waals surface area contributed by atoms with E-state index in [-0.39, 0.29) is 23.2 Å². The second-order valence-corrected chi connectivity index (χ2v) is 8.16. The van der Waals surface area contributed by atoms with E-state index < -0.39 is 0 Å². The van der Waals surface area contributed by atoms with Gasteiger partial charge in [0.25, 0.3) is 5.91 Å². The summed E-state index contributed by atoms with van der Waals surface area (Å²) in [6.45, 7) is 0. The average Bonchev–Trinajstić information content (AvgIpc) is 3.36. The van der Waals surface area contributed by atoms with Crippen LogP contribution in [0.2, 0.25) is 0 Å². The molecule has 1 amide bonds. The van der Waals surface area contributed by atoms with Crippen LogP contribution in [0.5, 0.6) is 0 Å². The molecule has 0 bridgehead atoms. The lowest BCUT2D eigenvalue weighted by Crippen LogP contribution is -2.28. The molecule has 1 atom stereocenters. The Balaban J connectivity index is 1.73. The van der Waals surface area contributed by atoms with Gasteiger partial charge in [-0.3, -0.25) is 4.79 Å². The lowest BCUT2D eigenvalue weighted by atomic mass is 9.81. The van der Waals surface area contributed by atoms with Gasteiger partial charge in [-0.15, -0.1) is 0 Å². The summed E-state index contributed by atoms with van der Waals surface area (Å²) in [7, 11) is 3.54. The first-order chi connectivity index (χ1) is 11.9. The van der Waals surface area contributed by atoms with Gasteiger partial charge in [0.05, 0.1) is 6.04 Å². The van der Waals surface area contributed by atoms with Crippen LogP contribution in [0.3, 0.4) is 0 Å². The van der Waals surface area contributed by atoms with Crippen molar-refractivity contribution in [1.82, 2.24) is 4.90 Å². The molecule has 1 aliphatic carbocycles. The molecule has 1 N–H and O–H groups in total. The van der Waals surface area contributed by atoms with Gasteiger partial charge in [0.2, 0.25) is 0 Å². The molecule has 1 saturated carbocycles. The highest BCUT2D eigenvalue weighted by molar-refractivity contribution is 9.10. The van der Waals surface area contributed by atoms with Crippen molar-refractivity contribution in [2.45, 2.75) is 30.7 Å². The van der Waals surface area contributed by atoms with Gasteiger partial charge < -0.3 is 10.2 Å². The van der Waals surface area contributed by atoms with Gasteiger partial charge in [-0.25, -0.2) is 4.39 Å². The van der Waals surface area contributed by atoms with E-state index in [1.54, 1.807) is 31.1 Å². The number of carbonyl (C=O) groups excluding carboxylic acids is 1. The number of nitrogens with one attached hydrogen (secondary N) is 1. The van der Waals surface area contributed by atoms with Crippen LogP contribution in [0.4, 0.5) is 10.1 Å². The number of amides is 1. The second kappa shape index (κ2) is 5.84. The number of rotatable bonds is 2. The molecule has 25 heavy (non-hydrogen) atoms. The van der Waals surface area contributed by atoms with Crippen LogP contribution >= 0.6 is 15.9 Å². The molecule has 2 aromatic rings. The molecule has 1 unspecified atom stereocenters. The Morgan fingerprint density at radius 2 is 2.00 bits per heavy atom. The van der Waals surface area contributed by atoms with Crippen LogP contribution in [0, 0.1) is 5.82 Å². The Morgan fingerprint density at radius 1 is 1.24 bits per heavy atom. The zero-order valence-electron chi connectivity index (χ0n) is 14.3. The molecule has 130 valence electrons. The third-order valence-corrected chi connectivity index (χ3v) is 6.08. The van der Waals surface area contributed by atoms with Crippen LogP contribution in [0.15, 0.2) is 40.9 Å². The van der Waals surface area contributed by atoms with E-state index in [1.807, 2.05) is 18.2 Å². The monoisotopic (exact) mass is 402 g/mol. The van der Waals surface area contributed by atoms with Crippen molar-refractivity contribution >= 4 is 27.5 Å². The van der Waals surface area contributed by atoms with Gasteiger partial charge in [0.1, 0.15) is 5.82 Å². The van der Waals surface area contributed by atoms with Crippen molar-refractivity contribution in [2.24, 2.45) is 0 Å². The molecule has 1 spiro atoms. The normalized spacial score (nSPS) is 19.9. The highest BCUT2D eigenvalue weighted by atomic mass is 79.9. The minimum Gasteiger partial charge on any atom is -0.378 e. The molecule has 2 aliphatic rings. The van der Waals surface area contributed by atoms with E-state index in [9.17, 15) is 9.18 Å². The van der Waals surface area contributed by atoms with E-state index in [0.29, 0.717) is 0 Å². The van der Waals surface area contributed by atoms with Gasteiger partial charge in [-0.2, -0.15) is 0 Å². The second-order valence-electron chi connectivity index (χ2n) is 7.31. The fourth-order valence-corrected chi connectivity index (χ4v) is 4.36. The van der Waals surface area contributed by atoms with Crippen molar-refractivity contribution in [1.29, 1.82) is 0 Å². The lowest BCUT2D eigenvalue weighted by Gasteiger charge is -2.34. The zero-order valence-corrected chi connectivity index (χ0v) is 15.9. The maximum absolute atomic E-state index is 13.7. The zero-order chi connectivity index (χ0) is 17.8. The number of fused-ring (bicyclic) bond motifs is 2. The molecule has 4 rings (SSSR count). The fourth-order valence-electron chi connectivity index (χ4n) is 3.83. The molecule has 0 aromatic heterocycles. The van der Waals surface area contributed by atoms with E-state index in [2.05, 4.69) is 21.2 Å². The largest absolute Gasteiger partial charge is 0.378 e. The standard InChI is InChI=1S/C20H20BrFN2O/c1-24(2)19(25)12-3-6-17-15(9-12)20(7-8-20)11-18(23-17)14-10-13(22)4-5-16(14)21/h3-6,9-10,18,23H,7-8,11H2,1-2H3. The van der Waals surface area contributed by atoms with Crippen molar-refractivity contribution in [3.8, 4) is 0 Å². The molecule has 0 radical (unpaired) electrons. The molecule has 2 aromatic carbocycles. The van der Waals surface area contributed by atoms with Crippen molar-refractivity contribution in [2.75, 3.05) is 19.4 Å². The van der Waals surface area contributed by atoms with Crippen molar-refractivity contribution < 1.29 is 9.18 Å². The quantitative estimate of drug-likeness (QED) is 0.776. The summed E-state index contributed by atoms with van der Waals surface area (Å²) in [6, 6.07) is 10.8. The predicted octanol–water partition coefficient (Wildman–Crippen LogP) is 4.88. The number of benzene rings is 2. The van der Waals surface area contributed by atoms with Crippen LogP contribution in [0.1, 0.15) is 46.8 Å². The highest BCUT2D eigenvalue weighted by Crippen LogP contribution is 2.59. The third-order valence-electron chi connectivity index (χ3n) is 5.36. The van der Waals surface area contributed by atoms with E-state index in [0.717, 1.165) is 40.5 Å². The summed E-state index contributed by atoms with van der Waals surface area (Å²) >= 11 is 3.55. The minimum atomic E-state index is -0.220. The Kier molecular flexibility index (Phi) is 3.87. The summed E-state index contributed by atoms with van der Waals surface area (Å²) in [5.41, 5.74) is 4.07. The highest BCUT2D eigenvalue weighted by Gasteiger charge is 2.50. The molecule has 1 heterocycles. The maximum atomic E-state index is 13.7. The summed E-state index contributed by atoms with van der Waals surface area (Å²) in [6.07, 6.45) is 3.15. The first-order valence-corrected chi connectivity index (χ1v) is 9.27. The summed E-state index contributed by atoms with van der Waals surface area (Å²) in [4.78, 5) is 13.9. The average molecular weight is 403 g/mol. The number of anilines is 1. The minimum absolute atomic E-state index is 0.0219. The number of hydrogen-bond acceptors (Lipinski definition) is 2. The lowest BCUT2D eigenvalue weighted by molar-refractivity contribution is 0.0827. The van der Waals surface area contributed by atoms with E-state index >= 15 is 0 Å². The van der Waals surface area contributed by atoms with Crippen LogP contribution in [0.25, 0.3) is 0 Å². The van der Waals surface area contributed by atoms with Crippen LogP contribution in [-0.4, -0.2) is 24.9 Å². The molecular weight excluding hydrogens is 383 g/mol. The fraction of sp³-hybridized carbons (Fsp3) is 0.350. The molecular formula is C20H20BrFN2O. The SMILES string of the molecule is CN(C)C(=O)c1ccc2c(c1)C1(CC1)CC(c1cc(F)ccc1Br)N2. The smallest absolute Gasteiger partial charge is 0.253 e. The van der Waals surface area contributed by atoms with E-state index in [4.69, 9.17) is 0 Å². The summed E-state index contributed by atoms with van der Waals surface area (Å²) in [5, 5.41) is 3.55. The number of hydrogen-bond donors (Lipinski definition) is 1. The van der Waals surface area contributed by atoms with Gasteiger partial charge in [-0.1, -0.05) is 15.9 Å². The van der Waals surface area contributed by atoms with Crippen LogP contribution in [-0.2, 0) is 5.41 Å². The van der Waals surface area contributed by atoms with Gasteiger partial charge in [0, 0.05) is 29.8 Å². The Bertz CT molecular complexity index is 861. The van der Waals surface area contributed by atoms with Gasteiger partial charge in [-0.05, 0) is 72.2 Å².